The number of carbonyl (C=O) groups is 3. The summed E-state index contributed by atoms with van der Waals surface area (Å²) >= 11 is 0. The third-order valence-corrected chi connectivity index (χ3v) is 4.40. The van der Waals surface area contributed by atoms with E-state index in [2.05, 4.69) is 0 Å². The highest BCUT2D eigenvalue weighted by Gasteiger charge is 2.33. The van der Waals surface area contributed by atoms with Gasteiger partial charge in [-0.3, -0.25) is 9.59 Å². The van der Waals surface area contributed by atoms with Gasteiger partial charge in [0.25, 0.3) is 11.8 Å². The average Bonchev–Trinajstić information content (AvgIpc) is 2.72. The fourth-order valence-corrected chi connectivity index (χ4v) is 2.97. The second-order valence-electron chi connectivity index (χ2n) is 6.28. The molecule has 2 amide bonds. The van der Waals surface area contributed by atoms with Crippen molar-refractivity contribution >= 4 is 17.8 Å². The van der Waals surface area contributed by atoms with Crippen molar-refractivity contribution in [3.05, 3.63) is 65.2 Å². The SMILES string of the molecule is NC(=O)c1ccccc1OCc1cccc(C(=O)N2CCOCC2C(=O)O)c1. The quantitative estimate of drug-likeness (QED) is 0.775. The summed E-state index contributed by atoms with van der Waals surface area (Å²) in [6.07, 6.45) is 0. The molecule has 0 aliphatic carbocycles. The first kappa shape index (κ1) is 19.4. The number of carbonyl (C=O) groups excluding carboxylic acids is 2. The molecule has 0 radical (unpaired) electrons. The van der Waals surface area contributed by atoms with E-state index >= 15 is 0 Å². The molecule has 1 aliphatic rings. The monoisotopic (exact) mass is 384 g/mol. The number of rotatable bonds is 6. The first-order chi connectivity index (χ1) is 13.5. The lowest BCUT2D eigenvalue weighted by atomic mass is 10.1. The van der Waals surface area contributed by atoms with Gasteiger partial charge in [-0.1, -0.05) is 24.3 Å². The van der Waals surface area contributed by atoms with Crippen molar-refractivity contribution in [2.24, 2.45) is 5.73 Å². The molecule has 28 heavy (non-hydrogen) atoms. The van der Waals surface area contributed by atoms with E-state index in [0.29, 0.717) is 23.5 Å². The molecule has 8 nitrogen and oxygen atoms in total. The summed E-state index contributed by atoms with van der Waals surface area (Å²) in [6.45, 7) is 0.593. The van der Waals surface area contributed by atoms with Crippen LogP contribution in [0.15, 0.2) is 48.5 Å². The Morgan fingerprint density at radius 3 is 2.71 bits per heavy atom. The number of ether oxygens (including phenoxy) is 2. The molecule has 2 aromatic rings. The third kappa shape index (κ3) is 4.29. The maximum absolute atomic E-state index is 12.8. The average molecular weight is 384 g/mol. The molecule has 1 atom stereocenters. The predicted octanol–water partition coefficient (Wildman–Crippen LogP) is 1.29. The second-order valence-corrected chi connectivity index (χ2v) is 6.28. The van der Waals surface area contributed by atoms with Gasteiger partial charge in [-0.2, -0.15) is 0 Å². The van der Waals surface area contributed by atoms with E-state index in [1.54, 1.807) is 48.5 Å². The zero-order chi connectivity index (χ0) is 20.1. The van der Waals surface area contributed by atoms with Gasteiger partial charge in [-0.25, -0.2) is 4.79 Å². The van der Waals surface area contributed by atoms with Gasteiger partial charge in [0, 0.05) is 12.1 Å². The molecule has 0 saturated carbocycles. The van der Waals surface area contributed by atoms with Crippen molar-refractivity contribution in [1.29, 1.82) is 0 Å². The van der Waals surface area contributed by atoms with E-state index in [0.717, 1.165) is 0 Å². The molecular weight excluding hydrogens is 364 g/mol. The third-order valence-electron chi connectivity index (χ3n) is 4.40. The van der Waals surface area contributed by atoms with Crippen LogP contribution in [0, 0.1) is 0 Å². The van der Waals surface area contributed by atoms with E-state index in [-0.39, 0.29) is 31.2 Å². The molecule has 1 aliphatic heterocycles. The van der Waals surface area contributed by atoms with E-state index < -0.39 is 17.9 Å². The second kappa shape index (κ2) is 8.53. The van der Waals surface area contributed by atoms with Gasteiger partial charge in [-0.15, -0.1) is 0 Å². The highest BCUT2D eigenvalue weighted by atomic mass is 16.5. The molecule has 2 aromatic carbocycles. The lowest BCUT2D eigenvalue weighted by molar-refractivity contribution is -0.147. The van der Waals surface area contributed by atoms with Crippen LogP contribution >= 0.6 is 0 Å². The van der Waals surface area contributed by atoms with Crippen LogP contribution in [-0.4, -0.2) is 53.6 Å². The lowest BCUT2D eigenvalue weighted by Crippen LogP contribution is -2.52. The number of carboxylic acids is 1. The van der Waals surface area contributed by atoms with Gasteiger partial charge in [-0.05, 0) is 29.8 Å². The Kier molecular flexibility index (Phi) is 5.90. The van der Waals surface area contributed by atoms with Gasteiger partial charge in [0.1, 0.15) is 12.4 Å². The molecule has 3 rings (SSSR count). The molecule has 0 bridgehead atoms. The molecule has 1 unspecified atom stereocenters. The number of nitrogens with zero attached hydrogens (tertiary/aromatic N) is 1. The van der Waals surface area contributed by atoms with Crippen LogP contribution in [0.25, 0.3) is 0 Å². The minimum absolute atomic E-state index is 0.0340. The smallest absolute Gasteiger partial charge is 0.328 e. The van der Waals surface area contributed by atoms with Gasteiger partial charge < -0.3 is 25.2 Å². The van der Waals surface area contributed by atoms with Crippen molar-refractivity contribution in [2.75, 3.05) is 19.8 Å². The standard InChI is InChI=1S/C20H20N2O6/c21-18(23)15-6-1-2-7-17(15)28-11-13-4-3-5-14(10-13)19(24)22-8-9-27-12-16(22)20(25)26/h1-7,10,16H,8-9,11-12H2,(H2,21,23)(H,25,26). The highest BCUT2D eigenvalue weighted by molar-refractivity contribution is 5.97. The number of aliphatic carboxylic acids is 1. The van der Waals surface area contributed by atoms with Gasteiger partial charge in [0.05, 0.1) is 18.8 Å². The molecule has 8 heteroatoms. The van der Waals surface area contributed by atoms with Crippen LogP contribution in [-0.2, 0) is 16.1 Å². The summed E-state index contributed by atoms with van der Waals surface area (Å²) < 4.78 is 10.9. The number of primary amides is 1. The Morgan fingerprint density at radius 1 is 1.18 bits per heavy atom. The van der Waals surface area contributed by atoms with Gasteiger partial charge in [0.2, 0.25) is 0 Å². The van der Waals surface area contributed by atoms with E-state index in [1.165, 1.54) is 4.90 Å². The van der Waals surface area contributed by atoms with Crippen molar-refractivity contribution in [2.45, 2.75) is 12.6 Å². The van der Waals surface area contributed by atoms with Crippen LogP contribution in [0.3, 0.4) is 0 Å². The van der Waals surface area contributed by atoms with Crippen molar-refractivity contribution in [1.82, 2.24) is 4.90 Å². The Labute approximate surface area is 161 Å². The zero-order valence-electron chi connectivity index (χ0n) is 15.0. The number of amides is 2. The molecule has 1 saturated heterocycles. The Balaban J connectivity index is 1.74. The first-order valence-electron chi connectivity index (χ1n) is 8.69. The van der Waals surface area contributed by atoms with Crippen LogP contribution < -0.4 is 10.5 Å². The zero-order valence-corrected chi connectivity index (χ0v) is 15.0. The number of benzene rings is 2. The molecule has 1 heterocycles. The first-order valence-corrected chi connectivity index (χ1v) is 8.69. The van der Waals surface area contributed by atoms with E-state index in [9.17, 15) is 19.5 Å². The number of carboxylic acid groups (broad SMARTS) is 1. The maximum Gasteiger partial charge on any atom is 0.328 e. The van der Waals surface area contributed by atoms with Crippen molar-refractivity contribution < 1.29 is 29.0 Å². The molecule has 3 N–H and O–H groups in total. The molecule has 146 valence electrons. The predicted molar refractivity (Wildman–Crippen MR) is 99.0 cm³/mol. The summed E-state index contributed by atoms with van der Waals surface area (Å²) in [4.78, 5) is 36.9. The number of para-hydroxylation sites is 1. The fraction of sp³-hybridized carbons (Fsp3) is 0.250. The number of hydrogen-bond acceptors (Lipinski definition) is 5. The molecule has 0 aromatic heterocycles. The Hall–Kier alpha value is -3.39. The van der Waals surface area contributed by atoms with Crippen LogP contribution in [0.1, 0.15) is 26.3 Å². The molecule has 0 spiro atoms. The summed E-state index contributed by atoms with van der Waals surface area (Å²) in [5.74, 6) is -1.72. The Morgan fingerprint density at radius 2 is 1.96 bits per heavy atom. The highest BCUT2D eigenvalue weighted by Crippen LogP contribution is 2.20. The fourth-order valence-electron chi connectivity index (χ4n) is 2.97. The molecular formula is C20H20N2O6. The van der Waals surface area contributed by atoms with Gasteiger partial charge in [0.15, 0.2) is 6.04 Å². The normalized spacial score (nSPS) is 16.4. The van der Waals surface area contributed by atoms with E-state index in [4.69, 9.17) is 15.2 Å². The van der Waals surface area contributed by atoms with Crippen LogP contribution in [0.5, 0.6) is 5.75 Å². The summed E-state index contributed by atoms with van der Waals surface area (Å²) in [5, 5.41) is 9.31. The van der Waals surface area contributed by atoms with Gasteiger partial charge >= 0.3 is 5.97 Å². The minimum Gasteiger partial charge on any atom is -0.488 e. The summed E-state index contributed by atoms with van der Waals surface area (Å²) in [7, 11) is 0. The topological polar surface area (TPSA) is 119 Å². The number of nitrogens with two attached hydrogens (primary N) is 1. The largest absolute Gasteiger partial charge is 0.488 e. The van der Waals surface area contributed by atoms with E-state index in [1.807, 2.05) is 0 Å². The molecule has 1 fully saturated rings. The van der Waals surface area contributed by atoms with Crippen molar-refractivity contribution in [3.8, 4) is 5.75 Å². The Bertz CT molecular complexity index is 898. The number of morpholine rings is 1. The minimum atomic E-state index is -1.10. The van der Waals surface area contributed by atoms with Crippen LogP contribution in [0.4, 0.5) is 0 Å². The summed E-state index contributed by atoms with van der Waals surface area (Å²) in [5.41, 5.74) is 6.67. The lowest BCUT2D eigenvalue weighted by Gasteiger charge is -2.33. The van der Waals surface area contributed by atoms with Crippen LogP contribution in [0.2, 0.25) is 0 Å². The summed E-state index contributed by atoms with van der Waals surface area (Å²) in [6, 6.07) is 12.4. The number of hydrogen-bond donors (Lipinski definition) is 2. The van der Waals surface area contributed by atoms with Crippen molar-refractivity contribution in [3.63, 3.8) is 0 Å². The maximum atomic E-state index is 12.8.